The van der Waals surface area contributed by atoms with Crippen LogP contribution in [-0.4, -0.2) is 91.3 Å². The Balaban J connectivity index is 0.931. The van der Waals surface area contributed by atoms with Crippen molar-refractivity contribution in [3.05, 3.63) is 246 Å². The second-order valence-electron chi connectivity index (χ2n) is 26.5. The number of methoxy groups -OCH3 is 2. The summed E-state index contributed by atoms with van der Waals surface area (Å²) in [6.07, 6.45) is 5.60. The topological polar surface area (TPSA) is 168 Å². The number of hydrogen-bond donors (Lipinski definition) is 0. The van der Waals surface area contributed by atoms with Gasteiger partial charge in [0.2, 0.25) is 40.1 Å². The predicted octanol–water partition coefficient (Wildman–Crippen LogP) is 16.3. The maximum atomic E-state index is 14.9. The summed E-state index contributed by atoms with van der Waals surface area (Å²) in [7, 11) is -12.6. The van der Waals surface area contributed by atoms with Gasteiger partial charge in [0.05, 0.1) is 33.8 Å². The number of para-hydroxylation sites is 2. The molecular formula is C79H100N4O10S4. The van der Waals surface area contributed by atoms with E-state index in [4.69, 9.17) is 9.47 Å². The van der Waals surface area contributed by atoms with Gasteiger partial charge in [0, 0.05) is 63.5 Å². The van der Waals surface area contributed by atoms with Crippen molar-refractivity contribution in [2.75, 3.05) is 40.4 Å². The summed E-state index contributed by atoms with van der Waals surface area (Å²) < 4.78 is 135. The van der Waals surface area contributed by atoms with E-state index in [0.717, 1.165) is 55.6 Å². The van der Waals surface area contributed by atoms with Crippen LogP contribution < -0.4 is 9.47 Å². The number of hydrogen-bond acceptors (Lipinski definition) is 10. The van der Waals surface area contributed by atoms with E-state index in [-0.39, 0.29) is 52.4 Å². The third kappa shape index (κ3) is 18.9. The van der Waals surface area contributed by atoms with Crippen molar-refractivity contribution >= 4 is 40.1 Å². The normalized spacial score (nSPS) is 12.4. The second kappa shape index (κ2) is 33.2. The zero-order chi connectivity index (χ0) is 70.6. The van der Waals surface area contributed by atoms with Crippen LogP contribution in [0.2, 0.25) is 0 Å². The quantitative estimate of drug-likeness (QED) is 0.0354. The van der Waals surface area contributed by atoms with Gasteiger partial charge in [0.1, 0.15) is 11.5 Å². The zero-order valence-electron chi connectivity index (χ0n) is 59.4. The van der Waals surface area contributed by atoms with Gasteiger partial charge in [0.25, 0.3) is 0 Å². The van der Waals surface area contributed by atoms with Crippen molar-refractivity contribution in [3.8, 4) is 11.5 Å². The molecule has 8 aromatic rings. The standard InChI is InChI=1S/C79H100N4O10S4/c1-56-43-60(5)76(61(6)44-56)94(84,85)80(39-23-15-17-25-41-82(54-72-27-19-21-29-74(72)92-13)96(88,89)78-64(9)47-58(3)48-65(78)10)52-70-35-31-68(32-36-70)51-69-33-37-71(38-34-69)53-81(95(86,87)77-62(7)45-57(2)46-63(77)8)40-24-16-18-26-42-83(55-73-28-20-22-30-75(73)93-14)97(90,91)79-66(11)49-59(4)50-67(79)12/h19-22,27-38,43-50H,15-18,23-26,39-42,51-55H2,1-14H3. The Morgan fingerprint density at radius 2 is 0.495 bits per heavy atom. The van der Waals surface area contributed by atoms with Gasteiger partial charge in [-0.15, -0.1) is 0 Å². The molecule has 0 atom stereocenters. The average Bonchev–Trinajstić information content (AvgIpc) is 0.800. The molecule has 0 aliphatic heterocycles. The summed E-state index contributed by atoms with van der Waals surface area (Å²) in [4.78, 5) is 1.26. The molecule has 0 aliphatic carbocycles. The third-order valence-electron chi connectivity index (χ3n) is 18.2. The average molecular weight is 1390 g/mol. The molecule has 8 aromatic carbocycles. The van der Waals surface area contributed by atoms with Crippen molar-refractivity contribution in [1.82, 2.24) is 17.2 Å². The molecule has 0 fully saturated rings. The summed E-state index contributed by atoms with van der Waals surface area (Å²) in [5.74, 6) is 1.23. The molecule has 0 saturated carbocycles. The van der Waals surface area contributed by atoms with E-state index in [2.05, 4.69) is 0 Å². The van der Waals surface area contributed by atoms with Gasteiger partial charge in [-0.1, -0.05) is 181 Å². The van der Waals surface area contributed by atoms with E-state index in [1.807, 2.05) is 229 Å². The summed E-state index contributed by atoms with van der Waals surface area (Å²) in [5, 5.41) is 0. The molecule has 0 aliphatic rings. The van der Waals surface area contributed by atoms with E-state index >= 15 is 0 Å². The first-order valence-electron chi connectivity index (χ1n) is 33.7. The number of aryl methyl sites for hydroxylation is 12. The molecule has 0 spiro atoms. The minimum absolute atomic E-state index is 0.140. The minimum atomic E-state index is -3.96. The summed E-state index contributed by atoms with van der Waals surface area (Å²) in [6, 6.07) is 46.3. The maximum absolute atomic E-state index is 14.9. The molecule has 0 saturated heterocycles. The van der Waals surface area contributed by atoms with E-state index in [1.54, 1.807) is 31.4 Å². The number of unbranched alkanes of at least 4 members (excludes halogenated alkanes) is 6. The monoisotopic (exact) mass is 1390 g/mol. The Kier molecular flexibility index (Phi) is 26.0. The molecule has 0 N–H and O–H groups in total. The van der Waals surface area contributed by atoms with Crippen LogP contribution in [0.25, 0.3) is 0 Å². The van der Waals surface area contributed by atoms with Crippen LogP contribution >= 0.6 is 0 Å². The molecule has 0 unspecified atom stereocenters. The Morgan fingerprint density at radius 3 is 0.732 bits per heavy atom. The fraction of sp³-hybridized carbons (Fsp3) is 0.392. The molecule has 0 radical (unpaired) electrons. The Hall–Kier alpha value is -7.00. The van der Waals surface area contributed by atoms with Gasteiger partial charge < -0.3 is 9.47 Å². The summed E-state index contributed by atoms with van der Waals surface area (Å²) >= 11 is 0. The molecule has 8 rings (SSSR count). The van der Waals surface area contributed by atoms with Gasteiger partial charge in [0.15, 0.2) is 0 Å². The fourth-order valence-electron chi connectivity index (χ4n) is 14.0. The predicted molar refractivity (Wildman–Crippen MR) is 392 cm³/mol. The molecule has 0 amide bonds. The van der Waals surface area contributed by atoms with Crippen molar-refractivity contribution in [1.29, 1.82) is 0 Å². The van der Waals surface area contributed by atoms with Gasteiger partial charge in [-0.25, -0.2) is 33.7 Å². The number of ether oxygens (including phenoxy) is 2. The summed E-state index contributed by atoms with van der Waals surface area (Å²) in [5.41, 5.74) is 14.8. The molecule has 520 valence electrons. The molecule has 14 nitrogen and oxygen atoms in total. The maximum Gasteiger partial charge on any atom is 0.243 e. The van der Waals surface area contributed by atoms with Crippen LogP contribution in [0, 0.1) is 83.1 Å². The molecule has 97 heavy (non-hydrogen) atoms. The van der Waals surface area contributed by atoms with Gasteiger partial charge >= 0.3 is 0 Å². The summed E-state index contributed by atoms with van der Waals surface area (Å²) in [6.45, 7) is 24.3. The van der Waals surface area contributed by atoms with E-state index in [1.165, 1.54) is 0 Å². The van der Waals surface area contributed by atoms with E-state index < -0.39 is 40.1 Å². The Bertz CT molecular complexity index is 4160. The van der Waals surface area contributed by atoms with Crippen LogP contribution in [0.5, 0.6) is 11.5 Å². The Labute approximate surface area is 580 Å². The molecule has 0 bridgehead atoms. The highest BCUT2D eigenvalue weighted by Crippen LogP contribution is 2.34. The van der Waals surface area contributed by atoms with Crippen LogP contribution in [-0.2, 0) is 72.7 Å². The van der Waals surface area contributed by atoms with E-state index in [0.29, 0.717) is 133 Å². The van der Waals surface area contributed by atoms with Crippen molar-refractivity contribution in [3.63, 3.8) is 0 Å². The smallest absolute Gasteiger partial charge is 0.243 e. The van der Waals surface area contributed by atoms with Crippen LogP contribution in [0.4, 0.5) is 0 Å². The number of benzene rings is 8. The highest BCUT2D eigenvalue weighted by Gasteiger charge is 2.33. The van der Waals surface area contributed by atoms with Gasteiger partial charge in [-0.2, -0.15) is 17.2 Å². The molecule has 0 aromatic heterocycles. The zero-order valence-corrected chi connectivity index (χ0v) is 62.6. The number of sulfonamides is 4. The first kappa shape index (κ1) is 75.8. The Morgan fingerprint density at radius 1 is 0.278 bits per heavy atom. The van der Waals surface area contributed by atoms with Crippen molar-refractivity contribution in [2.24, 2.45) is 0 Å². The third-order valence-corrected chi connectivity index (χ3v) is 26.8. The highest BCUT2D eigenvalue weighted by atomic mass is 32.2. The lowest BCUT2D eigenvalue weighted by Crippen LogP contribution is -2.33. The largest absolute Gasteiger partial charge is 0.496 e. The SMILES string of the molecule is COc1ccccc1CN(CCCCCCN(Cc1ccc(Cc2ccc(CN(CCCCCCN(Cc3ccccc3OC)S(=O)(=O)c3c(C)cc(C)cc3C)S(=O)(=O)c3c(C)cc(C)cc3C)cc2)cc1)S(=O)(=O)c1c(C)cc(C)cc1C)S(=O)(=O)c1c(C)cc(C)cc1C. The molecular weight excluding hydrogens is 1290 g/mol. The number of rotatable bonds is 34. The first-order valence-corrected chi connectivity index (χ1v) is 39.4. The van der Waals surface area contributed by atoms with Crippen LogP contribution in [0.1, 0.15) is 152 Å². The second-order valence-corrected chi connectivity index (χ2v) is 34.0. The minimum Gasteiger partial charge on any atom is -0.496 e. The van der Waals surface area contributed by atoms with Crippen molar-refractivity contribution in [2.45, 2.75) is 187 Å². The lowest BCUT2D eigenvalue weighted by Gasteiger charge is -2.26. The molecule has 18 heteroatoms. The first-order chi connectivity index (χ1) is 45.9. The van der Waals surface area contributed by atoms with Crippen LogP contribution in [0.15, 0.2) is 165 Å². The number of nitrogens with zero attached hydrogens (tertiary/aromatic N) is 4. The lowest BCUT2D eigenvalue weighted by molar-refractivity contribution is 0.365. The fourth-order valence-corrected chi connectivity index (χ4v) is 21.5. The van der Waals surface area contributed by atoms with Crippen LogP contribution in [0.3, 0.4) is 0 Å². The van der Waals surface area contributed by atoms with Gasteiger partial charge in [-0.3, -0.25) is 0 Å². The van der Waals surface area contributed by atoms with Crippen molar-refractivity contribution < 1.29 is 43.1 Å². The van der Waals surface area contributed by atoms with Gasteiger partial charge in [-0.05, 0) is 194 Å². The molecule has 0 heterocycles. The highest BCUT2D eigenvalue weighted by molar-refractivity contribution is 7.90. The van der Waals surface area contributed by atoms with E-state index in [9.17, 15) is 33.7 Å². The lowest BCUT2D eigenvalue weighted by atomic mass is 10.0.